The summed E-state index contributed by atoms with van der Waals surface area (Å²) in [6.07, 6.45) is 0. The highest BCUT2D eigenvalue weighted by molar-refractivity contribution is 7.11. The zero-order valence-corrected chi connectivity index (χ0v) is 7.94. The zero-order chi connectivity index (χ0) is 8.55. The lowest BCUT2D eigenvalue weighted by atomic mass is 10.2. The van der Waals surface area contributed by atoms with E-state index in [1.807, 2.05) is 6.07 Å². The number of benzene rings is 1. The van der Waals surface area contributed by atoms with Gasteiger partial charge in [-0.25, -0.2) is 0 Å². The number of hydrogen-bond donors (Lipinski definition) is 0. The van der Waals surface area contributed by atoms with Crippen LogP contribution in [0.15, 0.2) is 23.6 Å². The first-order valence-electron chi connectivity index (χ1n) is 3.83. The summed E-state index contributed by atoms with van der Waals surface area (Å²) in [5.41, 5.74) is 0. The van der Waals surface area contributed by atoms with Gasteiger partial charge in [0, 0.05) is 4.88 Å². The number of hydrogen-bond acceptors (Lipinski definition) is 2. The highest BCUT2D eigenvalue weighted by Crippen LogP contribution is 2.28. The molecule has 2 rings (SSSR count). The molecule has 0 atom stereocenters. The van der Waals surface area contributed by atoms with Crippen molar-refractivity contribution >= 4 is 22.1 Å². The monoisotopic (exact) mass is 178 g/mol. The van der Waals surface area contributed by atoms with E-state index in [2.05, 4.69) is 24.4 Å². The van der Waals surface area contributed by atoms with Crippen molar-refractivity contribution in [1.29, 1.82) is 0 Å². The van der Waals surface area contributed by atoms with Gasteiger partial charge in [-0.1, -0.05) is 0 Å². The molecule has 0 fully saturated rings. The molecule has 62 valence electrons. The molecule has 1 aromatic heterocycles. The number of aryl methyl sites for hydroxylation is 1. The third kappa shape index (κ3) is 1.08. The van der Waals surface area contributed by atoms with Crippen molar-refractivity contribution in [1.82, 2.24) is 0 Å². The SMILES string of the molecule is COc1ccc2csc(C)c2c1. The fourth-order valence-electron chi connectivity index (χ4n) is 1.29. The largest absolute Gasteiger partial charge is 0.497 e. The smallest absolute Gasteiger partial charge is 0.119 e. The third-order valence-electron chi connectivity index (χ3n) is 2.00. The van der Waals surface area contributed by atoms with Gasteiger partial charge in [0.1, 0.15) is 5.75 Å². The maximum atomic E-state index is 5.15. The van der Waals surface area contributed by atoms with Crippen LogP contribution in [0.25, 0.3) is 10.8 Å². The van der Waals surface area contributed by atoms with Crippen LogP contribution >= 0.6 is 11.3 Å². The van der Waals surface area contributed by atoms with Crippen LogP contribution in [-0.2, 0) is 0 Å². The molecular formula is C10H10OS. The lowest BCUT2D eigenvalue weighted by Crippen LogP contribution is -1.80. The van der Waals surface area contributed by atoms with E-state index < -0.39 is 0 Å². The molecule has 0 saturated carbocycles. The molecule has 1 aromatic carbocycles. The Hall–Kier alpha value is -1.02. The Labute approximate surface area is 75.6 Å². The Kier molecular flexibility index (Phi) is 1.77. The molecule has 0 saturated heterocycles. The number of thiophene rings is 1. The van der Waals surface area contributed by atoms with Crippen LogP contribution in [0.1, 0.15) is 4.88 Å². The summed E-state index contributed by atoms with van der Waals surface area (Å²) in [5, 5.41) is 4.78. The zero-order valence-electron chi connectivity index (χ0n) is 7.13. The first-order chi connectivity index (χ1) is 5.81. The molecule has 0 bridgehead atoms. The van der Waals surface area contributed by atoms with E-state index in [9.17, 15) is 0 Å². The number of fused-ring (bicyclic) bond motifs is 1. The van der Waals surface area contributed by atoms with Crippen molar-refractivity contribution in [3.8, 4) is 5.75 Å². The lowest BCUT2D eigenvalue weighted by Gasteiger charge is -1.98. The maximum absolute atomic E-state index is 5.15. The lowest BCUT2D eigenvalue weighted by molar-refractivity contribution is 0.415. The number of ether oxygens (including phenoxy) is 1. The summed E-state index contributed by atoms with van der Waals surface area (Å²) in [7, 11) is 1.70. The molecule has 0 spiro atoms. The molecule has 0 radical (unpaired) electrons. The molecule has 12 heavy (non-hydrogen) atoms. The van der Waals surface area contributed by atoms with Gasteiger partial charge in [0.15, 0.2) is 0 Å². The van der Waals surface area contributed by atoms with Crippen LogP contribution in [0.5, 0.6) is 5.75 Å². The van der Waals surface area contributed by atoms with E-state index in [1.165, 1.54) is 15.6 Å². The van der Waals surface area contributed by atoms with Gasteiger partial charge in [-0.2, -0.15) is 0 Å². The molecule has 0 amide bonds. The average Bonchev–Trinajstić information content (AvgIpc) is 2.47. The van der Waals surface area contributed by atoms with Crippen LogP contribution in [-0.4, -0.2) is 7.11 Å². The van der Waals surface area contributed by atoms with Gasteiger partial charge >= 0.3 is 0 Å². The minimum absolute atomic E-state index is 0.934. The predicted molar refractivity (Wildman–Crippen MR) is 53.1 cm³/mol. The van der Waals surface area contributed by atoms with Gasteiger partial charge < -0.3 is 4.74 Å². The van der Waals surface area contributed by atoms with E-state index in [1.54, 1.807) is 18.4 Å². The number of rotatable bonds is 1. The van der Waals surface area contributed by atoms with Crippen LogP contribution in [0.3, 0.4) is 0 Å². The van der Waals surface area contributed by atoms with E-state index >= 15 is 0 Å². The Morgan fingerprint density at radius 3 is 2.92 bits per heavy atom. The minimum atomic E-state index is 0.934. The van der Waals surface area contributed by atoms with Crippen LogP contribution < -0.4 is 4.74 Å². The van der Waals surface area contributed by atoms with Crippen molar-refractivity contribution in [3.05, 3.63) is 28.5 Å². The summed E-state index contributed by atoms with van der Waals surface area (Å²) >= 11 is 1.78. The summed E-state index contributed by atoms with van der Waals surface area (Å²) in [6, 6.07) is 6.17. The van der Waals surface area contributed by atoms with Gasteiger partial charge in [0.2, 0.25) is 0 Å². The van der Waals surface area contributed by atoms with Gasteiger partial charge in [0.25, 0.3) is 0 Å². The van der Waals surface area contributed by atoms with Crippen molar-refractivity contribution in [2.24, 2.45) is 0 Å². The summed E-state index contributed by atoms with van der Waals surface area (Å²) in [6.45, 7) is 2.13. The maximum Gasteiger partial charge on any atom is 0.119 e. The second kappa shape index (κ2) is 2.79. The van der Waals surface area contributed by atoms with Crippen molar-refractivity contribution in [2.75, 3.05) is 7.11 Å². The van der Waals surface area contributed by atoms with Crippen molar-refractivity contribution < 1.29 is 4.74 Å². The van der Waals surface area contributed by atoms with Crippen molar-refractivity contribution in [3.63, 3.8) is 0 Å². The molecule has 0 aliphatic carbocycles. The van der Waals surface area contributed by atoms with E-state index in [0.29, 0.717) is 0 Å². The predicted octanol–water partition coefficient (Wildman–Crippen LogP) is 3.22. The molecule has 1 heterocycles. The third-order valence-corrected chi connectivity index (χ3v) is 2.95. The normalized spacial score (nSPS) is 10.5. The highest BCUT2D eigenvalue weighted by atomic mass is 32.1. The Balaban J connectivity index is 2.71. The van der Waals surface area contributed by atoms with Gasteiger partial charge in [0.05, 0.1) is 7.11 Å². The first-order valence-corrected chi connectivity index (χ1v) is 4.71. The van der Waals surface area contributed by atoms with Crippen LogP contribution in [0, 0.1) is 6.92 Å². The molecular weight excluding hydrogens is 168 g/mol. The molecule has 0 aliphatic rings. The summed E-state index contributed by atoms with van der Waals surface area (Å²) < 4.78 is 5.15. The van der Waals surface area contributed by atoms with Crippen LogP contribution in [0.2, 0.25) is 0 Å². The second-order valence-electron chi connectivity index (χ2n) is 2.75. The molecule has 1 nitrogen and oxygen atoms in total. The summed E-state index contributed by atoms with van der Waals surface area (Å²) in [4.78, 5) is 1.35. The second-order valence-corrected chi connectivity index (χ2v) is 3.83. The van der Waals surface area contributed by atoms with Gasteiger partial charge in [-0.15, -0.1) is 11.3 Å². The standard InChI is InChI=1S/C10H10OS/c1-7-10-5-9(11-2)4-3-8(10)6-12-7/h3-6H,1-2H3. The van der Waals surface area contributed by atoms with Gasteiger partial charge in [-0.3, -0.25) is 0 Å². The summed E-state index contributed by atoms with van der Waals surface area (Å²) in [5.74, 6) is 0.934. The topological polar surface area (TPSA) is 9.23 Å². The Morgan fingerprint density at radius 2 is 2.17 bits per heavy atom. The molecule has 2 heteroatoms. The van der Waals surface area contributed by atoms with Crippen molar-refractivity contribution in [2.45, 2.75) is 6.92 Å². The molecule has 0 N–H and O–H groups in total. The molecule has 0 aliphatic heterocycles. The Bertz CT molecular complexity index is 403. The van der Waals surface area contributed by atoms with Crippen LogP contribution in [0.4, 0.5) is 0 Å². The van der Waals surface area contributed by atoms with E-state index in [-0.39, 0.29) is 0 Å². The average molecular weight is 178 g/mol. The Morgan fingerprint density at radius 1 is 1.33 bits per heavy atom. The quantitative estimate of drug-likeness (QED) is 0.651. The van der Waals surface area contributed by atoms with Gasteiger partial charge in [-0.05, 0) is 41.3 Å². The highest BCUT2D eigenvalue weighted by Gasteiger charge is 2.00. The van der Waals surface area contributed by atoms with E-state index in [0.717, 1.165) is 5.75 Å². The minimum Gasteiger partial charge on any atom is -0.497 e. The first kappa shape index (κ1) is 7.62. The fourth-order valence-corrected chi connectivity index (χ4v) is 2.10. The van der Waals surface area contributed by atoms with E-state index in [4.69, 9.17) is 4.74 Å². The fraction of sp³-hybridized carbons (Fsp3) is 0.200. The number of methoxy groups -OCH3 is 1. The molecule has 0 unspecified atom stereocenters. The molecule has 2 aromatic rings.